The van der Waals surface area contributed by atoms with Crippen LogP contribution in [0, 0.1) is 0 Å². The minimum absolute atomic E-state index is 0.0554. The SMILES string of the molecule is CCCCC[C@@H](O)C[C@@H](O)CC(=O)CCCC(=O)C[C@@H](O)CC(=O)CCCCCC(=O)C[C@@H](O)CC(=O)CCCC(=O)C[C@@H](O)CC(=O)CCC. The van der Waals surface area contributed by atoms with E-state index in [4.69, 9.17) is 0 Å². The number of rotatable bonds is 36. The van der Waals surface area contributed by atoms with Gasteiger partial charge in [-0.2, -0.15) is 0 Å². The highest BCUT2D eigenvalue weighted by molar-refractivity contribution is 5.85. The maximum absolute atomic E-state index is 12.2. The molecule has 0 unspecified atom stereocenters. The average Bonchev–Trinajstić information content (AvgIpc) is 3.00. The molecule has 12 heteroatoms. The molecule has 0 aliphatic carbocycles. The van der Waals surface area contributed by atoms with Gasteiger partial charge in [0.1, 0.15) is 40.5 Å². The van der Waals surface area contributed by atoms with Crippen molar-refractivity contribution < 1.29 is 59.1 Å². The van der Waals surface area contributed by atoms with Crippen LogP contribution < -0.4 is 0 Å². The first-order valence-electron chi connectivity index (χ1n) is 19.2. The smallest absolute Gasteiger partial charge is 0.135 e. The first-order valence-corrected chi connectivity index (χ1v) is 19.2. The lowest BCUT2D eigenvalue weighted by molar-refractivity contribution is -0.126. The summed E-state index contributed by atoms with van der Waals surface area (Å²) >= 11 is 0. The minimum atomic E-state index is -1.11. The molecule has 0 bridgehead atoms. The molecule has 0 saturated carbocycles. The molecule has 0 aromatic rings. The van der Waals surface area contributed by atoms with Crippen LogP contribution in [0.5, 0.6) is 0 Å². The van der Waals surface area contributed by atoms with E-state index in [0.29, 0.717) is 38.5 Å². The number of carbonyl (C=O) groups is 7. The first kappa shape index (κ1) is 48.5. The van der Waals surface area contributed by atoms with E-state index in [0.717, 1.165) is 19.3 Å². The molecule has 5 atom stereocenters. The molecule has 5 N–H and O–H groups in total. The highest BCUT2D eigenvalue weighted by Crippen LogP contribution is 2.15. The third-order valence-electron chi connectivity index (χ3n) is 8.69. The van der Waals surface area contributed by atoms with Crippen molar-refractivity contribution in [3.05, 3.63) is 0 Å². The van der Waals surface area contributed by atoms with Crippen molar-refractivity contribution in [2.75, 3.05) is 0 Å². The molecule has 0 saturated heterocycles. The fraction of sp³-hybridized carbons (Fsp3) is 0.821. The fourth-order valence-corrected chi connectivity index (χ4v) is 5.98. The van der Waals surface area contributed by atoms with Crippen LogP contribution in [0.2, 0.25) is 0 Å². The van der Waals surface area contributed by atoms with Crippen molar-refractivity contribution in [2.24, 2.45) is 0 Å². The van der Waals surface area contributed by atoms with Gasteiger partial charge in [0.2, 0.25) is 0 Å². The maximum atomic E-state index is 12.2. The molecular weight excluding hydrogens is 660 g/mol. The largest absolute Gasteiger partial charge is 0.393 e. The van der Waals surface area contributed by atoms with Gasteiger partial charge in [-0.05, 0) is 44.9 Å². The molecule has 0 aliphatic rings. The molecule has 0 amide bonds. The summed E-state index contributed by atoms with van der Waals surface area (Å²) in [5.41, 5.74) is 0. The average molecular weight is 727 g/mol. The van der Waals surface area contributed by atoms with E-state index in [2.05, 4.69) is 6.92 Å². The van der Waals surface area contributed by atoms with Crippen LogP contribution in [0.3, 0.4) is 0 Å². The van der Waals surface area contributed by atoms with Crippen molar-refractivity contribution >= 4 is 40.5 Å². The molecule has 12 nitrogen and oxygen atoms in total. The molecular formula is C39H66O12. The highest BCUT2D eigenvalue weighted by Gasteiger charge is 2.19. The lowest BCUT2D eigenvalue weighted by Gasteiger charge is -2.15. The first-order chi connectivity index (χ1) is 24.1. The van der Waals surface area contributed by atoms with Crippen molar-refractivity contribution in [1.29, 1.82) is 0 Å². The van der Waals surface area contributed by atoms with Crippen molar-refractivity contribution in [3.8, 4) is 0 Å². The lowest BCUT2D eigenvalue weighted by atomic mass is 9.98. The van der Waals surface area contributed by atoms with Crippen LogP contribution in [0.25, 0.3) is 0 Å². The van der Waals surface area contributed by atoms with Crippen molar-refractivity contribution in [3.63, 3.8) is 0 Å². The number of aliphatic hydroxyl groups excluding tert-OH is 5. The Hall–Kier alpha value is -2.51. The van der Waals surface area contributed by atoms with Gasteiger partial charge < -0.3 is 25.5 Å². The van der Waals surface area contributed by atoms with E-state index < -0.39 is 30.5 Å². The van der Waals surface area contributed by atoms with Crippen molar-refractivity contribution in [2.45, 2.75) is 205 Å². The predicted octanol–water partition coefficient (Wildman–Crippen LogP) is 4.57. The molecule has 0 spiro atoms. The predicted molar refractivity (Wildman–Crippen MR) is 192 cm³/mol. The summed E-state index contributed by atoms with van der Waals surface area (Å²) in [5.74, 6) is -1.44. The Kier molecular flexibility index (Phi) is 28.5. The Balaban J connectivity index is 3.99. The molecule has 0 aromatic heterocycles. The molecule has 51 heavy (non-hydrogen) atoms. The Morgan fingerprint density at radius 1 is 0.333 bits per heavy atom. The summed E-state index contributed by atoms with van der Waals surface area (Å²) in [6.07, 6.45) is 1.80. The second kappa shape index (κ2) is 30.0. The normalized spacial score (nSPS) is 14.3. The van der Waals surface area contributed by atoms with Gasteiger partial charge in [-0.3, -0.25) is 33.6 Å². The van der Waals surface area contributed by atoms with E-state index in [9.17, 15) is 59.1 Å². The second-order valence-corrected chi connectivity index (χ2v) is 14.2. The molecule has 0 radical (unpaired) electrons. The zero-order valence-corrected chi connectivity index (χ0v) is 31.2. The Labute approximate surface area is 304 Å². The molecule has 0 aromatic carbocycles. The van der Waals surface area contributed by atoms with Gasteiger partial charge in [0, 0.05) is 89.9 Å². The summed E-state index contributed by atoms with van der Waals surface area (Å²) < 4.78 is 0. The topological polar surface area (TPSA) is 221 Å². The zero-order chi connectivity index (χ0) is 38.6. The number of carbonyl (C=O) groups excluding carboxylic acids is 7. The standard InChI is InChI=1S/C39H66O12/c1-3-5-7-13-29(41)21-37(49)25-33(45)18-11-19-35(47)27-39(51)23-31(43)15-9-6-8-14-30(42)22-38(50)26-34(46)17-10-16-32(44)24-36(48)20-28(40)12-4-2/h29,36-39,41,48-51H,3-27H2,1-2H3/t29-,36+,37-,38-,39+/m1/s1. The van der Waals surface area contributed by atoms with Crippen molar-refractivity contribution in [1.82, 2.24) is 0 Å². The van der Waals surface area contributed by atoms with Gasteiger partial charge in [-0.15, -0.1) is 0 Å². The number of ketones is 7. The Morgan fingerprint density at radius 2 is 0.647 bits per heavy atom. The van der Waals surface area contributed by atoms with Gasteiger partial charge in [0.25, 0.3) is 0 Å². The van der Waals surface area contributed by atoms with Gasteiger partial charge >= 0.3 is 0 Å². The van der Waals surface area contributed by atoms with Gasteiger partial charge in [0.05, 0.1) is 30.5 Å². The molecule has 294 valence electrons. The fourth-order valence-electron chi connectivity index (χ4n) is 5.98. The number of unbranched alkanes of at least 4 members (excludes halogenated alkanes) is 4. The second-order valence-electron chi connectivity index (χ2n) is 14.2. The number of hydrogen-bond donors (Lipinski definition) is 5. The van der Waals surface area contributed by atoms with Crippen LogP contribution >= 0.6 is 0 Å². The van der Waals surface area contributed by atoms with Gasteiger partial charge in [-0.1, -0.05) is 39.5 Å². The molecule has 0 fully saturated rings. The number of aliphatic hydroxyl groups is 5. The highest BCUT2D eigenvalue weighted by atomic mass is 16.3. The van der Waals surface area contributed by atoms with E-state index >= 15 is 0 Å². The Bertz CT molecular complexity index is 1050. The Morgan fingerprint density at radius 3 is 0.980 bits per heavy atom. The molecule has 0 heterocycles. The van der Waals surface area contributed by atoms with Gasteiger partial charge in [-0.25, -0.2) is 0 Å². The number of Topliss-reactive ketones (excluding diaryl/α,β-unsaturated/α-hetero) is 7. The summed E-state index contributed by atoms with van der Waals surface area (Å²) in [6.45, 7) is 3.92. The summed E-state index contributed by atoms with van der Waals surface area (Å²) in [6, 6.07) is 0. The summed E-state index contributed by atoms with van der Waals surface area (Å²) in [4.78, 5) is 84.4. The third-order valence-corrected chi connectivity index (χ3v) is 8.69. The van der Waals surface area contributed by atoms with E-state index in [1.54, 1.807) is 0 Å². The summed E-state index contributed by atoms with van der Waals surface area (Å²) in [7, 11) is 0. The zero-order valence-electron chi connectivity index (χ0n) is 31.2. The number of hydrogen-bond acceptors (Lipinski definition) is 12. The van der Waals surface area contributed by atoms with Crippen LogP contribution in [0.1, 0.15) is 174 Å². The van der Waals surface area contributed by atoms with Crippen LogP contribution in [-0.2, 0) is 33.6 Å². The van der Waals surface area contributed by atoms with E-state index in [1.807, 2.05) is 6.92 Å². The lowest BCUT2D eigenvalue weighted by Crippen LogP contribution is -2.21. The monoisotopic (exact) mass is 726 g/mol. The maximum Gasteiger partial charge on any atom is 0.135 e. The van der Waals surface area contributed by atoms with E-state index in [-0.39, 0.29) is 143 Å². The minimum Gasteiger partial charge on any atom is -0.393 e. The molecule has 0 aliphatic heterocycles. The molecule has 0 rings (SSSR count). The van der Waals surface area contributed by atoms with Crippen LogP contribution in [0.15, 0.2) is 0 Å². The third kappa shape index (κ3) is 29.7. The van der Waals surface area contributed by atoms with Gasteiger partial charge in [0.15, 0.2) is 0 Å². The van der Waals surface area contributed by atoms with Crippen LogP contribution in [0.4, 0.5) is 0 Å². The summed E-state index contributed by atoms with van der Waals surface area (Å²) in [5, 5.41) is 50.1. The van der Waals surface area contributed by atoms with Crippen LogP contribution in [-0.4, -0.2) is 96.5 Å². The van der Waals surface area contributed by atoms with E-state index in [1.165, 1.54) is 0 Å². The quantitative estimate of drug-likeness (QED) is 0.0561.